The van der Waals surface area contributed by atoms with E-state index in [1.54, 1.807) is 11.8 Å². The van der Waals surface area contributed by atoms with Crippen molar-refractivity contribution < 1.29 is 9.53 Å². The minimum absolute atomic E-state index is 0.0902. The monoisotopic (exact) mass is 494 g/mol. The molecule has 1 N–H and O–H groups in total. The summed E-state index contributed by atoms with van der Waals surface area (Å²) in [6.07, 6.45) is 1.32. The van der Waals surface area contributed by atoms with Crippen LogP contribution in [0.2, 0.25) is 5.02 Å². The van der Waals surface area contributed by atoms with E-state index in [9.17, 15) is 4.79 Å². The highest BCUT2D eigenvalue weighted by atomic mass is 35.5. The normalized spacial score (nSPS) is 18.8. The van der Waals surface area contributed by atoms with E-state index in [0.717, 1.165) is 40.3 Å². The molecule has 0 saturated heterocycles. The first-order valence-corrected chi connectivity index (χ1v) is 12.8. The second-order valence-corrected chi connectivity index (χ2v) is 11.0. The number of benzene rings is 2. The summed E-state index contributed by atoms with van der Waals surface area (Å²) >= 11 is 7.84. The smallest absolute Gasteiger partial charge is 0.227 e. The molecular weight excluding hydrogens is 468 g/mol. The standard InChI is InChI=1S/C26H27ClN4O2S/c1-4-34-25-29-24-28-20-13-26(2,3)14-21(32)22(20)23(31(24)30-25)16-9-11-18(12-10-16)33-15-17-7-5-6-8-19(17)27/h5-12,23H,4,13-15H2,1-3H3,(H,28,29,30). The second kappa shape index (κ2) is 9.12. The lowest BCUT2D eigenvalue weighted by molar-refractivity contribution is -0.118. The molecule has 5 rings (SSSR count). The van der Waals surface area contributed by atoms with E-state index >= 15 is 0 Å². The molecule has 3 aromatic rings. The van der Waals surface area contributed by atoms with E-state index in [1.807, 2.05) is 53.2 Å². The third-order valence-electron chi connectivity index (χ3n) is 6.13. The van der Waals surface area contributed by atoms with Gasteiger partial charge in [-0.3, -0.25) is 4.79 Å². The Bertz CT molecular complexity index is 1270. The minimum Gasteiger partial charge on any atom is -0.489 e. The van der Waals surface area contributed by atoms with Crippen molar-refractivity contribution >= 4 is 35.1 Å². The van der Waals surface area contributed by atoms with Crippen molar-refractivity contribution in [2.45, 2.75) is 51.4 Å². The zero-order valence-corrected chi connectivity index (χ0v) is 21.0. The van der Waals surface area contributed by atoms with Crippen LogP contribution in [0.15, 0.2) is 65.0 Å². The molecule has 1 unspecified atom stereocenters. The zero-order valence-electron chi connectivity index (χ0n) is 19.5. The number of halogens is 1. The molecule has 1 aliphatic heterocycles. The molecule has 1 aromatic heterocycles. The summed E-state index contributed by atoms with van der Waals surface area (Å²) in [5.41, 5.74) is 3.57. The molecule has 6 nitrogen and oxygen atoms in total. The van der Waals surface area contributed by atoms with Crippen LogP contribution in [0.4, 0.5) is 5.95 Å². The molecule has 176 valence electrons. The summed E-state index contributed by atoms with van der Waals surface area (Å²) < 4.78 is 7.82. The maximum Gasteiger partial charge on any atom is 0.227 e. The Morgan fingerprint density at radius 2 is 1.94 bits per heavy atom. The number of carbonyl (C=O) groups is 1. The second-order valence-electron chi connectivity index (χ2n) is 9.41. The number of ether oxygens (including phenoxy) is 1. The van der Waals surface area contributed by atoms with Crippen LogP contribution < -0.4 is 10.1 Å². The number of rotatable bonds is 6. The van der Waals surface area contributed by atoms with Crippen LogP contribution in [0.3, 0.4) is 0 Å². The molecule has 1 atom stereocenters. The number of anilines is 1. The lowest BCUT2D eigenvalue weighted by Gasteiger charge is -2.38. The summed E-state index contributed by atoms with van der Waals surface area (Å²) in [5, 5.41) is 9.55. The highest BCUT2D eigenvalue weighted by Crippen LogP contribution is 2.45. The van der Waals surface area contributed by atoms with Gasteiger partial charge in [-0.25, -0.2) is 4.68 Å². The average Bonchev–Trinajstić information content (AvgIpc) is 3.19. The first kappa shape index (κ1) is 23.0. The Labute approximate surface area is 208 Å². The van der Waals surface area contributed by atoms with Gasteiger partial charge in [-0.05, 0) is 41.4 Å². The quantitative estimate of drug-likeness (QED) is 0.406. The third kappa shape index (κ3) is 4.46. The van der Waals surface area contributed by atoms with Crippen molar-refractivity contribution in [3.8, 4) is 5.75 Å². The van der Waals surface area contributed by atoms with Crippen LogP contribution in [0.25, 0.3) is 0 Å². The highest BCUT2D eigenvalue weighted by molar-refractivity contribution is 7.99. The minimum atomic E-state index is -0.314. The van der Waals surface area contributed by atoms with Crippen LogP contribution in [0.5, 0.6) is 5.75 Å². The van der Waals surface area contributed by atoms with Crippen molar-refractivity contribution in [2.75, 3.05) is 11.1 Å². The fraction of sp³-hybridized carbons (Fsp3) is 0.346. The third-order valence-corrected chi connectivity index (χ3v) is 7.22. The van der Waals surface area contributed by atoms with Gasteiger partial charge in [0.25, 0.3) is 0 Å². The molecule has 0 fully saturated rings. The zero-order chi connectivity index (χ0) is 23.9. The fourth-order valence-corrected chi connectivity index (χ4v) is 5.36. The summed E-state index contributed by atoms with van der Waals surface area (Å²) in [6, 6.07) is 15.2. The Balaban J connectivity index is 1.47. The number of hydrogen-bond acceptors (Lipinski definition) is 6. The molecule has 0 radical (unpaired) electrons. The molecule has 34 heavy (non-hydrogen) atoms. The maximum atomic E-state index is 13.3. The van der Waals surface area contributed by atoms with Crippen molar-refractivity contribution in [1.29, 1.82) is 0 Å². The van der Waals surface area contributed by atoms with Gasteiger partial charge < -0.3 is 10.1 Å². The van der Waals surface area contributed by atoms with E-state index in [2.05, 4.69) is 31.1 Å². The molecule has 0 saturated carbocycles. The van der Waals surface area contributed by atoms with E-state index < -0.39 is 0 Å². The van der Waals surface area contributed by atoms with Gasteiger partial charge >= 0.3 is 0 Å². The number of fused-ring (bicyclic) bond motifs is 1. The number of nitrogens with one attached hydrogen (secondary N) is 1. The van der Waals surface area contributed by atoms with Crippen molar-refractivity contribution in [2.24, 2.45) is 5.41 Å². The molecule has 0 bridgehead atoms. The molecule has 2 aliphatic rings. The maximum absolute atomic E-state index is 13.3. The first-order chi connectivity index (χ1) is 16.3. The largest absolute Gasteiger partial charge is 0.489 e. The van der Waals surface area contributed by atoms with Crippen LogP contribution >= 0.6 is 23.4 Å². The average molecular weight is 495 g/mol. The highest BCUT2D eigenvalue weighted by Gasteiger charge is 2.41. The SMILES string of the molecule is CCSc1nc2n(n1)C(c1ccc(OCc3ccccc3Cl)cc1)C1=C(CC(C)(C)CC1=O)N2. The van der Waals surface area contributed by atoms with Crippen LogP contribution in [-0.2, 0) is 11.4 Å². The van der Waals surface area contributed by atoms with E-state index in [4.69, 9.17) is 21.4 Å². The predicted molar refractivity (Wildman–Crippen MR) is 135 cm³/mol. The number of hydrogen-bond donors (Lipinski definition) is 1. The van der Waals surface area contributed by atoms with E-state index in [0.29, 0.717) is 29.2 Å². The Morgan fingerprint density at radius 1 is 1.18 bits per heavy atom. The molecule has 0 spiro atoms. The van der Waals surface area contributed by atoms with Gasteiger partial charge in [0.1, 0.15) is 18.4 Å². The van der Waals surface area contributed by atoms with Crippen molar-refractivity contribution in [3.05, 3.63) is 76.0 Å². The summed E-state index contributed by atoms with van der Waals surface area (Å²) in [5.74, 6) is 2.46. The van der Waals surface area contributed by atoms with Gasteiger partial charge in [0.05, 0.1) is 0 Å². The summed E-state index contributed by atoms with van der Waals surface area (Å²) in [6.45, 7) is 6.73. The topological polar surface area (TPSA) is 69.0 Å². The molecular formula is C26H27ClN4O2S. The van der Waals surface area contributed by atoms with E-state index in [-0.39, 0.29) is 17.2 Å². The van der Waals surface area contributed by atoms with Crippen molar-refractivity contribution in [3.63, 3.8) is 0 Å². The number of carbonyl (C=O) groups excluding carboxylic acids is 1. The molecule has 1 aliphatic carbocycles. The summed E-state index contributed by atoms with van der Waals surface area (Å²) in [7, 11) is 0. The predicted octanol–water partition coefficient (Wildman–Crippen LogP) is 6.28. The van der Waals surface area contributed by atoms with Gasteiger partial charge in [0.15, 0.2) is 5.78 Å². The molecule has 8 heteroatoms. The molecule has 0 amide bonds. The number of Topliss-reactive ketones (excluding diaryl/α,β-unsaturated/α-hetero) is 1. The fourth-order valence-electron chi connectivity index (χ4n) is 4.61. The van der Waals surface area contributed by atoms with Gasteiger partial charge in [0, 0.05) is 28.3 Å². The van der Waals surface area contributed by atoms with Gasteiger partial charge in [0.2, 0.25) is 11.1 Å². The first-order valence-electron chi connectivity index (χ1n) is 11.4. The van der Waals surface area contributed by atoms with Gasteiger partial charge in [-0.2, -0.15) is 4.98 Å². The van der Waals surface area contributed by atoms with Gasteiger partial charge in [-0.1, -0.05) is 74.5 Å². The van der Waals surface area contributed by atoms with Crippen molar-refractivity contribution in [1.82, 2.24) is 14.8 Å². The Hall–Kier alpha value is -2.77. The van der Waals surface area contributed by atoms with E-state index in [1.165, 1.54) is 0 Å². The van der Waals surface area contributed by atoms with Gasteiger partial charge in [-0.15, -0.1) is 5.10 Å². The number of thioether (sulfide) groups is 1. The van der Waals surface area contributed by atoms with Crippen LogP contribution in [-0.4, -0.2) is 26.3 Å². The lowest BCUT2D eigenvalue weighted by atomic mass is 9.73. The number of aromatic nitrogens is 3. The number of allylic oxidation sites excluding steroid dienone is 2. The Kier molecular flexibility index (Phi) is 6.16. The lowest BCUT2D eigenvalue weighted by Crippen LogP contribution is -2.36. The number of ketones is 1. The molecule has 2 aromatic carbocycles. The summed E-state index contributed by atoms with van der Waals surface area (Å²) in [4.78, 5) is 18.0. The molecule has 2 heterocycles. The van der Waals surface area contributed by atoms with Crippen LogP contribution in [0.1, 0.15) is 50.8 Å². The van der Waals surface area contributed by atoms with Crippen LogP contribution in [0, 0.1) is 5.41 Å². The Morgan fingerprint density at radius 3 is 2.68 bits per heavy atom. The number of nitrogens with zero attached hydrogens (tertiary/aromatic N) is 3.